The Labute approximate surface area is 104 Å². The van der Waals surface area contributed by atoms with E-state index in [-0.39, 0.29) is 12.4 Å². The van der Waals surface area contributed by atoms with Gasteiger partial charge in [0.25, 0.3) is 0 Å². The van der Waals surface area contributed by atoms with Crippen molar-refractivity contribution in [2.24, 2.45) is 5.92 Å². The molecule has 1 saturated carbocycles. The van der Waals surface area contributed by atoms with Crippen molar-refractivity contribution in [3.05, 3.63) is 12.4 Å². The van der Waals surface area contributed by atoms with Crippen molar-refractivity contribution in [3.63, 3.8) is 0 Å². The number of nitrogens with one attached hydrogen (secondary N) is 1. The summed E-state index contributed by atoms with van der Waals surface area (Å²) in [6.07, 6.45) is 9.41. The number of hydrogen-bond acceptors (Lipinski definition) is 2. The van der Waals surface area contributed by atoms with Crippen molar-refractivity contribution in [2.45, 2.75) is 45.6 Å². The molecule has 92 valence electrons. The predicted molar refractivity (Wildman–Crippen MR) is 70.3 cm³/mol. The van der Waals surface area contributed by atoms with Crippen LogP contribution in [0.5, 0.6) is 0 Å². The van der Waals surface area contributed by atoms with E-state index in [1.165, 1.54) is 25.7 Å². The fourth-order valence-corrected chi connectivity index (χ4v) is 2.12. The highest BCUT2D eigenvalue weighted by Crippen LogP contribution is 2.29. The summed E-state index contributed by atoms with van der Waals surface area (Å²) >= 11 is 0. The van der Waals surface area contributed by atoms with Crippen molar-refractivity contribution in [3.8, 4) is 0 Å². The Morgan fingerprint density at radius 3 is 2.75 bits per heavy atom. The molecule has 1 aliphatic carbocycles. The summed E-state index contributed by atoms with van der Waals surface area (Å²) in [4.78, 5) is 0. The second-order valence-corrected chi connectivity index (χ2v) is 4.92. The molecule has 1 N–H and O–H groups in total. The molecular formula is C12H22ClN3. The smallest absolute Gasteiger partial charge is 0.0726 e. The Hall–Kier alpha value is -0.700. The molecule has 0 aliphatic heterocycles. The van der Waals surface area contributed by atoms with E-state index in [4.69, 9.17) is 0 Å². The van der Waals surface area contributed by atoms with Crippen molar-refractivity contribution >= 4 is 18.1 Å². The number of hydrogen-bond donors (Lipinski definition) is 1. The van der Waals surface area contributed by atoms with Crippen molar-refractivity contribution in [1.82, 2.24) is 9.78 Å². The van der Waals surface area contributed by atoms with E-state index in [9.17, 15) is 0 Å². The molecule has 1 fully saturated rings. The molecule has 0 unspecified atom stereocenters. The first-order valence-electron chi connectivity index (χ1n) is 6.03. The lowest BCUT2D eigenvalue weighted by Gasteiger charge is -2.09. The van der Waals surface area contributed by atoms with Crippen LogP contribution in [0.25, 0.3) is 0 Å². The summed E-state index contributed by atoms with van der Waals surface area (Å²) < 4.78 is 2.13. The van der Waals surface area contributed by atoms with Crippen LogP contribution in [0.3, 0.4) is 0 Å². The third-order valence-corrected chi connectivity index (χ3v) is 3.01. The third-order valence-electron chi connectivity index (χ3n) is 3.01. The van der Waals surface area contributed by atoms with Gasteiger partial charge in [-0.1, -0.05) is 26.7 Å². The average molecular weight is 244 g/mol. The molecule has 0 bridgehead atoms. The zero-order chi connectivity index (χ0) is 10.7. The Balaban J connectivity index is 0.00000128. The van der Waals surface area contributed by atoms with Gasteiger partial charge < -0.3 is 5.32 Å². The van der Waals surface area contributed by atoms with Gasteiger partial charge in [0.05, 0.1) is 17.9 Å². The summed E-state index contributed by atoms with van der Waals surface area (Å²) in [5, 5.41) is 7.83. The van der Waals surface area contributed by atoms with Crippen molar-refractivity contribution in [1.29, 1.82) is 0 Å². The molecule has 0 saturated heterocycles. The molecular weight excluding hydrogens is 222 g/mol. The summed E-state index contributed by atoms with van der Waals surface area (Å²) in [6, 6.07) is 0.652. The fourth-order valence-electron chi connectivity index (χ4n) is 2.12. The molecule has 0 radical (unpaired) electrons. The molecule has 0 amide bonds. The van der Waals surface area contributed by atoms with E-state index in [0.717, 1.165) is 12.2 Å². The van der Waals surface area contributed by atoms with E-state index < -0.39 is 0 Å². The number of aromatic nitrogens is 2. The highest BCUT2D eigenvalue weighted by molar-refractivity contribution is 5.85. The summed E-state index contributed by atoms with van der Waals surface area (Å²) in [7, 11) is 0. The standard InChI is InChI=1S/C12H21N3.ClH/c1-10(2)7-13-11-8-14-15(9-11)12-5-3-4-6-12;/h8-10,12-13H,3-7H2,1-2H3;1H. The van der Waals surface area contributed by atoms with Crippen LogP contribution in [0.15, 0.2) is 12.4 Å². The minimum absolute atomic E-state index is 0. The molecule has 0 spiro atoms. The van der Waals surface area contributed by atoms with Crippen LogP contribution in [0.2, 0.25) is 0 Å². The second kappa shape index (κ2) is 6.14. The van der Waals surface area contributed by atoms with Crippen molar-refractivity contribution < 1.29 is 0 Å². The van der Waals surface area contributed by atoms with Gasteiger partial charge in [-0.25, -0.2) is 0 Å². The van der Waals surface area contributed by atoms with Gasteiger partial charge in [-0.05, 0) is 18.8 Å². The Morgan fingerprint density at radius 1 is 1.44 bits per heavy atom. The Morgan fingerprint density at radius 2 is 2.12 bits per heavy atom. The van der Waals surface area contributed by atoms with Gasteiger partial charge in [-0.15, -0.1) is 12.4 Å². The first-order valence-corrected chi connectivity index (χ1v) is 6.03. The van der Waals surface area contributed by atoms with E-state index in [1.54, 1.807) is 0 Å². The molecule has 4 heteroatoms. The van der Waals surface area contributed by atoms with E-state index in [2.05, 4.69) is 35.1 Å². The van der Waals surface area contributed by atoms with Gasteiger partial charge in [-0.3, -0.25) is 4.68 Å². The van der Waals surface area contributed by atoms with Gasteiger partial charge in [0.15, 0.2) is 0 Å². The minimum Gasteiger partial charge on any atom is -0.382 e. The van der Waals surface area contributed by atoms with Gasteiger partial charge in [-0.2, -0.15) is 5.10 Å². The zero-order valence-electron chi connectivity index (χ0n) is 10.1. The van der Waals surface area contributed by atoms with E-state index in [0.29, 0.717) is 12.0 Å². The number of nitrogens with zero attached hydrogens (tertiary/aromatic N) is 2. The van der Waals surface area contributed by atoms with Crippen LogP contribution in [0, 0.1) is 5.92 Å². The second-order valence-electron chi connectivity index (χ2n) is 4.92. The number of halogens is 1. The van der Waals surface area contributed by atoms with Gasteiger partial charge in [0, 0.05) is 12.7 Å². The van der Waals surface area contributed by atoms with Gasteiger partial charge >= 0.3 is 0 Å². The molecule has 16 heavy (non-hydrogen) atoms. The van der Waals surface area contributed by atoms with Crippen molar-refractivity contribution in [2.75, 3.05) is 11.9 Å². The SMILES string of the molecule is CC(C)CNc1cnn(C2CCCC2)c1.Cl. The molecule has 0 atom stereocenters. The normalized spacial score (nSPS) is 16.4. The average Bonchev–Trinajstić information content (AvgIpc) is 2.85. The summed E-state index contributed by atoms with van der Waals surface area (Å²) in [6.45, 7) is 5.46. The van der Waals surface area contributed by atoms with Crippen LogP contribution in [-0.2, 0) is 0 Å². The van der Waals surface area contributed by atoms with Crippen LogP contribution < -0.4 is 5.32 Å². The lowest BCUT2D eigenvalue weighted by molar-refractivity contribution is 0.467. The topological polar surface area (TPSA) is 29.9 Å². The van der Waals surface area contributed by atoms with E-state index in [1.807, 2.05) is 6.20 Å². The molecule has 3 nitrogen and oxygen atoms in total. The third kappa shape index (κ3) is 3.41. The molecule has 1 aliphatic rings. The summed E-state index contributed by atoms with van der Waals surface area (Å²) in [5.41, 5.74) is 1.16. The molecule has 0 aromatic carbocycles. The maximum Gasteiger partial charge on any atom is 0.0726 e. The van der Waals surface area contributed by atoms with E-state index >= 15 is 0 Å². The fraction of sp³-hybridized carbons (Fsp3) is 0.750. The monoisotopic (exact) mass is 243 g/mol. The van der Waals surface area contributed by atoms with Gasteiger partial charge in [0.2, 0.25) is 0 Å². The Kier molecular flexibility index (Phi) is 5.13. The minimum atomic E-state index is 0. The molecule has 1 heterocycles. The quantitative estimate of drug-likeness (QED) is 0.878. The highest BCUT2D eigenvalue weighted by Gasteiger charge is 2.17. The lowest BCUT2D eigenvalue weighted by Crippen LogP contribution is -2.07. The molecule has 1 aromatic heterocycles. The van der Waals surface area contributed by atoms with Crippen LogP contribution in [0.4, 0.5) is 5.69 Å². The largest absolute Gasteiger partial charge is 0.382 e. The lowest BCUT2D eigenvalue weighted by atomic mass is 10.2. The van der Waals surface area contributed by atoms with Crippen LogP contribution >= 0.6 is 12.4 Å². The zero-order valence-corrected chi connectivity index (χ0v) is 11.0. The van der Waals surface area contributed by atoms with Crippen LogP contribution in [-0.4, -0.2) is 16.3 Å². The Bertz CT molecular complexity index is 303. The maximum absolute atomic E-state index is 4.43. The van der Waals surface area contributed by atoms with Crippen LogP contribution in [0.1, 0.15) is 45.6 Å². The summed E-state index contributed by atoms with van der Waals surface area (Å²) in [5.74, 6) is 0.680. The first kappa shape index (κ1) is 13.4. The molecule has 2 rings (SSSR count). The maximum atomic E-state index is 4.43. The predicted octanol–water partition coefficient (Wildman–Crippen LogP) is 3.49. The number of rotatable bonds is 4. The van der Waals surface area contributed by atoms with Gasteiger partial charge in [0.1, 0.15) is 0 Å². The highest BCUT2D eigenvalue weighted by atomic mass is 35.5. The molecule has 1 aromatic rings. The first-order chi connectivity index (χ1) is 7.25. The number of anilines is 1.